The first kappa shape index (κ1) is 15.8. The number of likely N-dealkylation sites (tertiary alicyclic amines) is 1. The van der Waals surface area contributed by atoms with Crippen molar-refractivity contribution in [3.05, 3.63) is 0 Å². The van der Waals surface area contributed by atoms with Gasteiger partial charge in [-0.2, -0.15) is 0 Å². The molecule has 0 aromatic heterocycles. The molecule has 0 radical (unpaired) electrons. The molecule has 2 heterocycles. The number of hydrogen-bond donors (Lipinski definition) is 2. The van der Waals surface area contributed by atoms with Crippen molar-refractivity contribution in [2.24, 2.45) is 5.92 Å². The Bertz CT molecular complexity index is 447. The third kappa shape index (κ3) is 2.64. The number of imide groups is 1. The molecule has 2 aliphatic heterocycles. The highest BCUT2D eigenvalue weighted by atomic mass is 16.2. The van der Waals surface area contributed by atoms with Crippen LogP contribution in [0.4, 0.5) is 4.79 Å². The van der Waals surface area contributed by atoms with Gasteiger partial charge in [0.2, 0.25) is 0 Å². The van der Waals surface area contributed by atoms with Gasteiger partial charge >= 0.3 is 6.03 Å². The van der Waals surface area contributed by atoms with Gasteiger partial charge in [-0.1, -0.05) is 6.92 Å². The second kappa shape index (κ2) is 5.84. The molecule has 3 fully saturated rings. The van der Waals surface area contributed by atoms with E-state index in [4.69, 9.17) is 0 Å². The molecule has 2 saturated heterocycles. The van der Waals surface area contributed by atoms with E-state index in [9.17, 15) is 9.59 Å². The number of hydrogen-bond acceptors (Lipinski definition) is 2. The fraction of sp³-hybridized carbons (Fsp3) is 0.882. The summed E-state index contributed by atoms with van der Waals surface area (Å²) in [6, 6.07) is 0.872. The minimum Gasteiger partial charge on any atom is -0.323 e. The predicted octanol–water partition coefficient (Wildman–Crippen LogP) is 1.29. The Morgan fingerprint density at radius 1 is 1.09 bits per heavy atom. The van der Waals surface area contributed by atoms with Crippen LogP contribution in [0.5, 0.6) is 0 Å². The first-order valence-corrected chi connectivity index (χ1v) is 8.92. The van der Waals surface area contributed by atoms with E-state index in [1.807, 2.05) is 0 Å². The third-order valence-corrected chi connectivity index (χ3v) is 6.25. The SMILES string of the molecule is CC1CCC2(CC1)NC(=O)N(C[NH+]1[C@H](C)CCC[C@@H]1C)C2=O. The molecule has 0 aromatic rings. The van der Waals surface area contributed by atoms with E-state index in [0.29, 0.717) is 24.7 Å². The molecule has 3 rings (SSSR count). The molecule has 124 valence electrons. The molecule has 3 amide bonds. The highest BCUT2D eigenvalue weighted by molar-refractivity contribution is 6.06. The van der Waals surface area contributed by atoms with Crippen LogP contribution in [0.25, 0.3) is 0 Å². The molecule has 1 unspecified atom stereocenters. The molecule has 1 aliphatic carbocycles. The Balaban J connectivity index is 1.72. The number of carbonyl (C=O) groups is 2. The topological polar surface area (TPSA) is 53.9 Å². The van der Waals surface area contributed by atoms with Gasteiger partial charge in [-0.25, -0.2) is 9.69 Å². The largest absolute Gasteiger partial charge is 0.329 e. The van der Waals surface area contributed by atoms with Crippen LogP contribution in [0.1, 0.15) is 65.7 Å². The maximum Gasteiger partial charge on any atom is 0.329 e. The number of nitrogens with zero attached hydrogens (tertiary/aromatic N) is 1. The van der Waals surface area contributed by atoms with E-state index in [1.54, 1.807) is 0 Å². The summed E-state index contributed by atoms with van der Waals surface area (Å²) in [6.07, 6.45) is 7.30. The number of nitrogens with one attached hydrogen (secondary N) is 2. The molecule has 3 atom stereocenters. The molecule has 2 N–H and O–H groups in total. The van der Waals surface area contributed by atoms with Gasteiger partial charge < -0.3 is 10.2 Å². The van der Waals surface area contributed by atoms with Gasteiger partial charge in [0, 0.05) is 0 Å². The van der Waals surface area contributed by atoms with E-state index in [-0.39, 0.29) is 11.9 Å². The van der Waals surface area contributed by atoms with Gasteiger partial charge in [0.25, 0.3) is 5.91 Å². The van der Waals surface area contributed by atoms with Crippen molar-refractivity contribution in [3.8, 4) is 0 Å². The average Bonchev–Trinajstić information content (AvgIpc) is 2.70. The second-order valence-corrected chi connectivity index (χ2v) is 7.89. The summed E-state index contributed by atoms with van der Waals surface area (Å²) in [5.74, 6) is 0.694. The van der Waals surface area contributed by atoms with E-state index < -0.39 is 5.54 Å². The summed E-state index contributed by atoms with van der Waals surface area (Å²) in [7, 11) is 0. The number of quaternary nitrogens is 1. The number of amides is 3. The summed E-state index contributed by atoms with van der Waals surface area (Å²) in [5.41, 5.74) is -0.592. The van der Waals surface area contributed by atoms with Gasteiger partial charge in [-0.3, -0.25) is 4.79 Å². The van der Waals surface area contributed by atoms with Crippen LogP contribution >= 0.6 is 0 Å². The zero-order valence-corrected chi connectivity index (χ0v) is 14.2. The van der Waals surface area contributed by atoms with E-state index >= 15 is 0 Å². The Hall–Kier alpha value is -1.10. The molecule has 0 aromatic carbocycles. The molecule has 22 heavy (non-hydrogen) atoms. The van der Waals surface area contributed by atoms with Gasteiger partial charge in [0.15, 0.2) is 6.67 Å². The van der Waals surface area contributed by atoms with Crippen molar-refractivity contribution >= 4 is 11.9 Å². The lowest BCUT2D eigenvalue weighted by molar-refractivity contribution is -0.957. The maximum atomic E-state index is 12.9. The van der Waals surface area contributed by atoms with Gasteiger partial charge in [0.05, 0.1) is 12.1 Å². The van der Waals surface area contributed by atoms with Gasteiger partial charge in [-0.05, 0) is 64.7 Å². The fourth-order valence-corrected chi connectivity index (χ4v) is 4.49. The van der Waals surface area contributed by atoms with Crippen LogP contribution in [-0.4, -0.2) is 41.1 Å². The summed E-state index contributed by atoms with van der Waals surface area (Å²) in [5, 5.41) is 3.03. The van der Waals surface area contributed by atoms with Crippen molar-refractivity contribution in [2.75, 3.05) is 6.67 Å². The highest BCUT2D eigenvalue weighted by Gasteiger charge is 2.53. The molecule has 1 saturated carbocycles. The summed E-state index contributed by atoms with van der Waals surface area (Å²) in [4.78, 5) is 28.2. The van der Waals surface area contributed by atoms with Crippen LogP contribution in [0.15, 0.2) is 0 Å². The second-order valence-electron chi connectivity index (χ2n) is 7.89. The summed E-state index contributed by atoms with van der Waals surface area (Å²) in [6.45, 7) is 7.24. The number of carbonyl (C=O) groups excluding carboxylic acids is 2. The summed E-state index contributed by atoms with van der Waals surface area (Å²) < 4.78 is 0. The lowest BCUT2D eigenvalue weighted by Gasteiger charge is -2.37. The van der Waals surface area contributed by atoms with Gasteiger partial charge in [0.1, 0.15) is 5.54 Å². The molecular weight excluding hydrogens is 278 g/mol. The maximum absolute atomic E-state index is 12.9. The Kier molecular flexibility index (Phi) is 4.19. The van der Waals surface area contributed by atoms with E-state index in [0.717, 1.165) is 25.7 Å². The monoisotopic (exact) mass is 308 g/mol. The van der Waals surface area contributed by atoms with Crippen molar-refractivity contribution < 1.29 is 14.5 Å². The minimum atomic E-state index is -0.592. The Morgan fingerprint density at radius 2 is 1.68 bits per heavy atom. The first-order chi connectivity index (χ1) is 10.4. The van der Waals surface area contributed by atoms with E-state index in [2.05, 4.69) is 26.1 Å². The van der Waals surface area contributed by atoms with Gasteiger partial charge in [-0.15, -0.1) is 0 Å². The van der Waals surface area contributed by atoms with Crippen molar-refractivity contribution in [1.29, 1.82) is 0 Å². The lowest BCUT2D eigenvalue weighted by Crippen LogP contribution is -3.20. The predicted molar refractivity (Wildman–Crippen MR) is 84.3 cm³/mol. The van der Waals surface area contributed by atoms with Crippen molar-refractivity contribution in [2.45, 2.75) is 83.3 Å². The normalized spacial score (nSPS) is 42.8. The zero-order valence-electron chi connectivity index (χ0n) is 14.2. The Labute approximate surface area is 133 Å². The first-order valence-electron chi connectivity index (χ1n) is 8.92. The van der Waals surface area contributed by atoms with Crippen LogP contribution in [0, 0.1) is 5.92 Å². The van der Waals surface area contributed by atoms with Crippen molar-refractivity contribution in [1.82, 2.24) is 10.2 Å². The van der Waals surface area contributed by atoms with Crippen molar-refractivity contribution in [3.63, 3.8) is 0 Å². The molecule has 3 aliphatic rings. The summed E-state index contributed by atoms with van der Waals surface area (Å²) >= 11 is 0. The molecule has 5 heteroatoms. The smallest absolute Gasteiger partial charge is 0.323 e. The molecule has 1 spiro atoms. The molecule has 0 bridgehead atoms. The number of piperidine rings is 1. The number of rotatable bonds is 2. The van der Waals surface area contributed by atoms with Crippen LogP contribution in [0.3, 0.4) is 0 Å². The molecule has 5 nitrogen and oxygen atoms in total. The third-order valence-electron chi connectivity index (χ3n) is 6.25. The zero-order chi connectivity index (χ0) is 15.9. The molecular formula is C17H30N3O2+. The van der Waals surface area contributed by atoms with Crippen LogP contribution in [-0.2, 0) is 4.79 Å². The van der Waals surface area contributed by atoms with Crippen LogP contribution < -0.4 is 10.2 Å². The quantitative estimate of drug-likeness (QED) is 0.755. The lowest BCUT2D eigenvalue weighted by atomic mass is 9.77. The van der Waals surface area contributed by atoms with Crippen LogP contribution in [0.2, 0.25) is 0 Å². The standard InChI is InChI=1S/C17H29N3O2/c1-12-7-9-17(10-8-12)15(21)20(16(22)18-17)11-19-13(2)5-4-6-14(19)3/h12-14H,4-11H2,1-3H3,(H,18,22)/p+1/t12?,13-,14+,17?. The fourth-order valence-electron chi connectivity index (χ4n) is 4.49. The number of urea groups is 1. The van der Waals surface area contributed by atoms with E-state index in [1.165, 1.54) is 29.1 Å². The Morgan fingerprint density at radius 3 is 2.27 bits per heavy atom. The average molecular weight is 308 g/mol. The highest BCUT2D eigenvalue weighted by Crippen LogP contribution is 2.36. The minimum absolute atomic E-state index is 0.0295.